The first-order valence-electron chi connectivity index (χ1n) is 9.18. The molecule has 0 bridgehead atoms. The van der Waals surface area contributed by atoms with Crippen molar-refractivity contribution < 1.29 is 14.0 Å². The molecular formula is C21H23N3O3S. The number of benzene rings is 1. The van der Waals surface area contributed by atoms with Gasteiger partial charge in [0.25, 0.3) is 5.91 Å². The van der Waals surface area contributed by atoms with Gasteiger partial charge in [-0.1, -0.05) is 37.3 Å². The Bertz CT molecular complexity index is 933. The smallest absolute Gasteiger partial charge is 0.260 e. The van der Waals surface area contributed by atoms with Gasteiger partial charge >= 0.3 is 0 Å². The molecule has 2 N–H and O–H groups in total. The van der Waals surface area contributed by atoms with Gasteiger partial charge in [0.1, 0.15) is 5.76 Å². The van der Waals surface area contributed by atoms with E-state index in [9.17, 15) is 9.59 Å². The molecule has 0 saturated heterocycles. The molecule has 2 heterocycles. The number of hydrogen-bond acceptors (Lipinski definition) is 5. The number of nitrogens with zero attached hydrogens (tertiary/aromatic N) is 1. The van der Waals surface area contributed by atoms with E-state index >= 15 is 0 Å². The number of hydrogen-bond donors (Lipinski definition) is 2. The first-order chi connectivity index (χ1) is 13.6. The number of furan rings is 1. The number of aromatic nitrogens is 1. The van der Waals surface area contributed by atoms with E-state index in [2.05, 4.69) is 34.7 Å². The van der Waals surface area contributed by atoms with E-state index in [0.29, 0.717) is 28.7 Å². The zero-order chi connectivity index (χ0) is 19.9. The second kappa shape index (κ2) is 9.32. The minimum absolute atomic E-state index is 0.0803. The lowest BCUT2D eigenvalue weighted by Crippen LogP contribution is -2.29. The van der Waals surface area contributed by atoms with E-state index in [1.807, 2.05) is 18.2 Å². The van der Waals surface area contributed by atoms with E-state index in [1.165, 1.54) is 23.2 Å². The van der Waals surface area contributed by atoms with Crippen molar-refractivity contribution in [3.63, 3.8) is 0 Å². The Morgan fingerprint density at radius 2 is 2.00 bits per heavy atom. The van der Waals surface area contributed by atoms with Gasteiger partial charge < -0.3 is 9.73 Å². The Balaban J connectivity index is 1.51. The van der Waals surface area contributed by atoms with Gasteiger partial charge in [0, 0.05) is 17.8 Å². The van der Waals surface area contributed by atoms with E-state index in [-0.39, 0.29) is 24.2 Å². The molecule has 0 unspecified atom stereocenters. The highest BCUT2D eigenvalue weighted by molar-refractivity contribution is 7.14. The van der Waals surface area contributed by atoms with Crippen LogP contribution in [0.2, 0.25) is 0 Å². The molecule has 0 radical (unpaired) electrons. The van der Waals surface area contributed by atoms with Gasteiger partial charge in [-0.2, -0.15) is 0 Å². The highest BCUT2D eigenvalue weighted by Crippen LogP contribution is 2.20. The first kappa shape index (κ1) is 19.8. The predicted octanol–water partition coefficient (Wildman–Crippen LogP) is 4.15. The summed E-state index contributed by atoms with van der Waals surface area (Å²) in [6.45, 7) is 4.43. The van der Waals surface area contributed by atoms with Gasteiger partial charge in [-0.15, -0.1) is 11.3 Å². The molecule has 0 saturated carbocycles. The number of aryl methyl sites for hydroxylation is 1. The molecule has 0 aliphatic heterocycles. The molecule has 2 amide bonds. The quantitative estimate of drug-likeness (QED) is 0.598. The van der Waals surface area contributed by atoms with Gasteiger partial charge in [0.05, 0.1) is 23.9 Å². The van der Waals surface area contributed by atoms with Crippen LogP contribution in [-0.4, -0.2) is 23.3 Å². The molecule has 3 rings (SSSR count). The van der Waals surface area contributed by atoms with Gasteiger partial charge in [-0.3, -0.25) is 14.9 Å². The summed E-state index contributed by atoms with van der Waals surface area (Å²) in [4.78, 5) is 28.8. The van der Waals surface area contributed by atoms with Crippen LogP contribution < -0.4 is 10.6 Å². The molecule has 0 aliphatic carbocycles. The third-order valence-electron chi connectivity index (χ3n) is 4.53. The lowest BCUT2D eigenvalue weighted by Gasteiger charge is -2.16. The topological polar surface area (TPSA) is 84.2 Å². The van der Waals surface area contributed by atoms with Gasteiger partial charge in [0.2, 0.25) is 5.91 Å². The SMILES string of the molecule is CC[C@@H](CNC(=O)Cc1csc(NC(=O)c2ccoc2C)n1)c1ccccc1. The van der Waals surface area contributed by atoms with Crippen molar-refractivity contribution in [2.75, 3.05) is 11.9 Å². The van der Waals surface area contributed by atoms with Crippen molar-refractivity contribution in [1.29, 1.82) is 0 Å². The average Bonchev–Trinajstić information content (AvgIpc) is 3.31. The maximum Gasteiger partial charge on any atom is 0.260 e. The molecule has 2 aromatic heterocycles. The maximum atomic E-state index is 12.3. The Morgan fingerprint density at radius 1 is 1.21 bits per heavy atom. The minimum Gasteiger partial charge on any atom is -0.469 e. The summed E-state index contributed by atoms with van der Waals surface area (Å²) in [6, 6.07) is 11.8. The van der Waals surface area contributed by atoms with Crippen LogP contribution in [0, 0.1) is 6.92 Å². The summed E-state index contributed by atoms with van der Waals surface area (Å²) < 4.78 is 5.14. The molecule has 1 atom stereocenters. The van der Waals surface area contributed by atoms with Crippen LogP contribution in [0.1, 0.15) is 46.6 Å². The molecule has 28 heavy (non-hydrogen) atoms. The summed E-state index contributed by atoms with van der Waals surface area (Å²) in [6.07, 6.45) is 2.60. The van der Waals surface area contributed by atoms with Crippen LogP contribution in [0.3, 0.4) is 0 Å². The number of amides is 2. The molecule has 1 aromatic carbocycles. The van der Waals surface area contributed by atoms with Crippen LogP contribution in [0.25, 0.3) is 0 Å². The molecule has 0 fully saturated rings. The molecule has 146 valence electrons. The molecule has 3 aromatic rings. The van der Waals surface area contributed by atoms with Crippen LogP contribution >= 0.6 is 11.3 Å². The number of rotatable bonds is 8. The Hall–Kier alpha value is -2.93. The van der Waals surface area contributed by atoms with Crippen LogP contribution in [0.4, 0.5) is 5.13 Å². The summed E-state index contributed by atoms with van der Waals surface area (Å²) in [5.41, 5.74) is 2.33. The number of thiazole rings is 1. The van der Waals surface area contributed by atoms with Crippen molar-refractivity contribution in [3.8, 4) is 0 Å². The van der Waals surface area contributed by atoms with E-state index in [1.54, 1.807) is 18.4 Å². The van der Waals surface area contributed by atoms with Gasteiger partial charge in [0.15, 0.2) is 5.13 Å². The monoisotopic (exact) mass is 397 g/mol. The molecular weight excluding hydrogens is 374 g/mol. The number of carbonyl (C=O) groups is 2. The first-order valence-corrected chi connectivity index (χ1v) is 10.1. The second-order valence-electron chi connectivity index (χ2n) is 6.49. The number of anilines is 1. The zero-order valence-electron chi connectivity index (χ0n) is 15.9. The average molecular weight is 398 g/mol. The fourth-order valence-corrected chi connectivity index (χ4v) is 3.62. The van der Waals surface area contributed by atoms with Crippen molar-refractivity contribution >= 4 is 28.3 Å². The maximum absolute atomic E-state index is 12.3. The van der Waals surface area contributed by atoms with Crippen LogP contribution in [-0.2, 0) is 11.2 Å². The molecule has 7 heteroatoms. The Kier molecular flexibility index (Phi) is 6.60. The van der Waals surface area contributed by atoms with Crippen LogP contribution in [0.15, 0.2) is 52.5 Å². The Labute approximate surface area is 168 Å². The summed E-state index contributed by atoms with van der Waals surface area (Å²) >= 11 is 1.30. The largest absolute Gasteiger partial charge is 0.469 e. The summed E-state index contributed by atoms with van der Waals surface area (Å²) in [5, 5.41) is 7.97. The van der Waals surface area contributed by atoms with E-state index < -0.39 is 0 Å². The van der Waals surface area contributed by atoms with Crippen LogP contribution in [0.5, 0.6) is 0 Å². The lowest BCUT2D eigenvalue weighted by atomic mass is 9.96. The predicted molar refractivity (Wildman–Crippen MR) is 110 cm³/mol. The fraction of sp³-hybridized carbons (Fsp3) is 0.286. The Morgan fingerprint density at radius 3 is 2.68 bits per heavy atom. The highest BCUT2D eigenvalue weighted by atomic mass is 32.1. The molecule has 6 nitrogen and oxygen atoms in total. The fourth-order valence-electron chi connectivity index (χ4n) is 2.92. The van der Waals surface area contributed by atoms with Crippen molar-refractivity contribution in [1.82, 2.24) is 10.3 Å². The lowest BCUT2D eigenvalue weighted by molar-refractivity contribution is -0.120. The second-order valence-corrected chi connectivity index (χ2v) is 7.34. The van der Waals surface area contributed by atoms with E-state index in [0.717, 1.165) is 6.42 Å². The zero-order valence-corrected chi connectivity index (χ0v) is 16.7. The third kappa shape index (κ3) is 5.07. The van der Waals surface area contributed by atoms with Gasteiger partial charge in [-0.25, -0.2) is 4.98 Å². The number of nitrogens with one attached hydrogen (secondary N) is 2. The summed E-state index contributed by atoms with van der Waals surface area (Å²) in [7, 11) is 0. The summed E-state index contributed by atoms with van der Waals surface area (Å²) in [5.74, 6) is 0.486. The van der Waals surface area contributed by atoms with Crippen molar-refractivity contribution in [2.45, 2.75) is 32.6 Å². The third-order valence-corrected chi connectivity index (χ3v) is 5.33. The van der Waals surface area contributed by atoms with Gasteiger partial charge in [-0.05, 0) is 25.0 Å². The standard InChI is InChI=1S/C21H23N3O3S/c1-3-15(16-7-5-4-6-8-16)12-22-19(25)11-17-13-28-21(23-17)24-20(26)18-9-10-27-14(18)2/h4-10,13,15H,3,11-12H2,1-2H3,(H,22,25)(H,23,24,26)/t15-/m0/s1. The normalized spacial score (nSPS) is 11.8. The minimum atomic E-state index is -0.273. The van der Waals surface area contributed by atoms with E-state index in [4.69, 9.17) is 4.42 Å². The van der Waals surface area contributed by atoms with Crippen molar-refractivity contribution in [3.05, 3.63) is 70.6 Å². The molecule has 0 aliphatic rings. The molecule has 0 spiro atoms. The van der Waals surface area contributed by atoms with Crippen molar-refractivity contribution in [2.24, 2.45) is 0 Å². The highest BCUT2D eigenvalue weighted by Gasteiger charge is 2.15. The number of carbonyl (C=O) groups excluding carboxylic acids is 2.